The molecule has 4 amide bonds. The van der Waals surface area contributed by atoms with Gasteiger partial charge in [-0.1, -0.05) is 49.1 Å². The molecule has 0 spiro atoms. The van der Waals surface area contributed by atoms with Gasteiger partial charge in [0.15, 0.2) is 11.5 Å². The van der Waals surface area contributed by atoms with Crippen molar-refractivity contribution in [2.24, 2.45) is 21.6 Å². The van der Waals surface area contributed by atoms with Crippen molar-refractivity contribution in [1.29, 1.82) is 0 Å². The van der Waals surface area contributed by atoms with Crippen LogP contribution in [0, 0.1) is 25.6 Å². The van der Waals surface area contributed by atoms with Crippen LogP contribution < -0.4 is 26.4 Å². The number of amidine groups is 1. The highest BCUT2D eigenvalue weighted by atomic mass is 35.5. The first-order valence-electron chi connectivity index (χ1n) is 24.5. The van der Waals surface area contributed by atoms with Crippen molar-refractivity contribution in [3.05, 3.63) is 75.8 Å². The Labute approximate surface area is 438 Å². The van der Waals surface area contributed by atoms with Crippen LogP contribution in [0.15, 0.2) is 63.1 Å². The zero-order valence-electron chi connectivity index (χ0n) is 43.2. The van der Waals surface area contributed by atoms with Crippen molar-refractivity contribution in [3.8, 4) is 16.2 Å². The molecule has 5 N–H and O–H groups in total. The molecular formula is C52H75ClF2N10O5S2. The van der Waals surface area contributed by atoms with Gasteiger partial charge in [0.2, 0.25) is 18.2 Å². The molecule has 396 valence electrons. The number of aryl methyl sites for hydroxylation is 2. The van der Waals surface area contributed by atoms with E-state index < -0.39 is 40.1 Å². The number of halogens is 3. The summed E-state index contributed by atoms with van der Waals surface area (Å²) in [6.45, 7) is 16.5. The summed E-state index contributed by atoms with van der Waals surface area (Å²) in [5.74, 6) is 0.0539. The molecule has 4 aliphatic rings. The second-order valence-corrected chi connectivity index (χ2v) is 21.4. The molecular weight excluding hydrogens is 982 g/mol. The second kappa shape index (κ2) is 29.1. The Hall–Kier alpha value is -4.95. The summed E-state index contributed by atoms with van der Waals surface area (Å²) in [7, 11) is 4.72. The lowest BCUT2D eigenvalue weighted by Gasteiger charge is -2.36. The third-order valence-electron chi connectivity index (χ3n) is 13.3. The minimum Gasteiger partial charge on any atom is -0.495 e. The number of alkyl halides is 1. The first kappa shape index (κ1) is 59.6. The molecule has 2 saturated heterocycles. The molecule has 2 saturated carbocycles. The van der Waals surface area contributed by atoms with Crippen LogP contribution in [0.2, 0.25) is 0 Å². The number of rotatable bonds is 16. The number of thioether (sulfide) groups is 1. The fourth-order valence-corrected chi connectivity index (χ4v) is 9.99. The number of aromatic nitrogens is 1. The minimum atomic E-state index is -1.91. The minimum absolute atomic E-state index is 0.0218. The van der Waals surface area contributed by atoms with E-state index in [2.05, 4.69) is 48.3 Å². The maximum atomic E-state index is 14.8. The first-order valence-corrected chi connectivity index (χ1v) is 27.0. The van der Waals surface area contributed by atoms with E-state index in [1.807, 2.05) is 57.0 Å². The van der Waals surface area contributed by atoms with E-state index in [1.54, 1.807) is 38.0 Å². The molecule has 2 atom stereocenters. The number of methoxy groups -OCH3 is 1. The number of carbonyl (C=O) groups is 4. The number of ether oxygens (including phenoxy) is 1. The quantitative estimate of drug-likeness (QED) is 0.0620. The SMILES string of the molecule is C=NC(=NC)/C(Cl)=C\Nc1ccc(C)cc1OC.CN.CSC(C)(C)C(NC(=O)C1(F)CC1)C(=O)N1CCCC1C(=O)NCc1ccc(-c2scnc2C)cc1F.O=CN1CCN(CC2CCCCC2)CC1. The predicted octanol–water partition coefficient (Wildman–Crippen LogP) is 8.13. The number of carbonyl (C=O) groups excluding carboxylic acids is 4. The monoisotopic (exact) mass is 1060 g/mol. The largest absolute Gasteiger partial charge is 0.495 e. The van der Waals surface area contributed by atoms with E-state index in [4.69, 9.17) is 16.3 Å². The first-order chi connectivity index (χ1) is 34.5. The number of amides is 4. The average molecular weight is 1060 g/mol. The Morgan fingerprint density at radius 1 is 1.06 bits per heavy atom. The molecule has 0 radical (unpaired) electrons. The average Bonchev–Trinajstić information content (AvgIpc) is 3.71. The number of piperazine rings is 1. The van der Waals surface area contributed by atoms with Crippen LogP contribution in [-0.2, 0) is 25.7 Å². The summed E-state index contributed by atoms with van der Waals surface area (Å²) in [6.07, 6.45) is 12.9. The number of aliphatic imine (C=N–C) groups is 2. The van der Waals surface area contributed by atoms with Crippen LogP contribution in [0.5, 0.6) is 5.75 Å². The third kappa shape index (κ3) is 17.1. The number of nitrogens with zero attached hydrogens (tertiary/aromatic N) is 6. The van der Waals surface area contributed by atoms with Gasteiger partial charge in [0.25, 0.3) is 5.91 Å². The van der Waals surface area contributed by atoms with Crippen molar-refractivity contribution in [2.45, 2.75) is 115 Å². The van der Waals surface area contributed by atoms with Crippen molar-refractivity contribution < 1.29 is 32.7 Å². The molecule has 0 bridgehead atoms. The van der Waals surface area contributed by atoms with Gasteiger partial charge < -0.3 is 36.2 Å². The standard InChI is InChI=1S/C26H32F2N4O3S2.C13H16ClN3O.C12H22N2O.CH5N/c1-15-20(37-14-30-15)16-7-8-17(18(27)12-16)13-29-22(33)19-6-5-11-32(19)23(34)21(25(2,3)36-4)31-24(35)26(28)9-10-26;1-9-5-6-11(12(7-9)18-4)17-8-10(14)13(15-2)16-3;15-11-14-8-6-13(7-9-14)10-12-4-2-1-3-5-12;1-2/h7-8,12,14,19,21H,5-6,9-11,13H2,1-4H3,(H,29,33)(H,31,35);5-8,17H,2H2,1,3-4H3;11-12H,1-10H2;2H2,1H3/b;10-8+,16-13?;;. The molecule has 4 fully saturated rings. The van der Waals surface area contributed by atoms with Gasteiger partial charge in [0.05, 0.1) is 28.9 Å². The van der Waals surface area contributed by atoms with Crippen LogP contribution >= 0.6 is 34.7 Å². The lowest BCUT2D eigenvalue weighted by atomic mass is 9.89. The van der Waals surface area contributed by atoms with Crippen molar-refractivity contribution in [2.75, 3.05) is 72.0 Å². The summed E-state index contributed by atoms with van der Waals surface area (Å²) in [5, 5.41) is 8.82. The van der Waals surface area contributed by atoms with Crippen molar-refractivity contribution in [1.82, 2.24) is 30.3 Å². The topological polar surface area (TPSA) is 187 Å². The Kier molecular flexibility index (Phi) is 24.1. The molecule has 7 rings (SSSR count). The van der Waals surface area contributed by atoms with E-state index in [-0.39, 0.29) is 25.3 Å². The number of hydrogen-bond acceptors (Lipinski definition) is 12. The van der Waals surface area contributed by atoms with Gasteiger partial charge >= 0.3 is 0 Å². The maximum absolute atomic E-state index is 14.8. The van der Waals surface area contributed by atoms with Gasteiger partial charge in [-0.05, 0) is 121 Å². The molecule has 3 aromatic rings. The van der Waals surface area contributed by atoms with Crippen LogP contribution in [0.25, 0.3) is 10.4 Å². The number of nitrogens with one attached hydrogen (secondary N) is 3. The zero-order chi connectivity index (χ0) is 53.0. The molecule has 2 aliphatic carbocycles. The van der Waals surface area contributed by atoms with Crippen LogP contribution in [-0.4, -0.2) is 146 Å². The molecule has 2 aliphatic heterocycles. The van der Waals surface area contributed by atoms with Crippen LogP contribution in [0.1, 0.15) is 88.5 Å². The Morgan fingerprint density at radius 2 is 1.75 bits per heavy atom. The van der Waals surface area contributed by atoms with Crippen molar-refractivity contribution >= 4 is 77.1 Å². The summed E-state index contributed by atoms with van der Waals surface area (Å²) >= 11 is 8.84. The van der Waals surface area contributed by atoms with E-state index in [1.165, 1.54) is 79.8 Å². The summed E-state index contributed by atoms with van der Waals surface area (Å²) in [6, 6.07) is 8.97. The highest BCUT2D eigenvalue weighted by Crippen LogP contribution is 2.41. The predicted molar refractivity (Wildman–Crippen MR) is 290 cm³/mol. The fourth-order valence-electron chi connectivity index (χ4n) is 8.59. The van der Waals surface area contributed by atoms with E-state index in [0.29, 0.717) is 35.8 Å². The summed E-state index contributed by atoms with van der Waals surface area (Å²) in [5.41, 5.74) is 8.13. The van der Waals surface area contributed by atoms with Crippen LogP contribution in [0.4, 0.5) is 14.5 Å². The molecule has 3 heterocycles. The summed E-state index contributed by atoms with van der Waals surface area (Å²) < 4.78 is 33.7. The van der Waals surface area contributed by atoms with Gasteiger partial charge in [-0.2, -0.15) is 11.8 Å². The number of nitrogens with two attached hydrogens (primary N) is 1. The molecule has 2 unspecified atom stereocenters. The second-order valence-electron chi connectivity index (χ2n) is 18.7. The smallest absolute Gasteiger partial charge is 0.258 e. The molecule has 2 aromatic carbocycles. The van der Waals surface area contributed by atoms with Gasteiger partial charge in [-0.3, -0.25) is 29.1 Å². The normalized spacial score (nSPS) is 18.4. The van der Waals surface area contributed by atoms with E-state index in [0.717, 1.165) is 71.6 Å². The maximum Gasteiger partial charge on any atom is 0.258 e. The van der Waals surface area contributed by atoms with Crippen LogP contribution in [0.3, 0.4) is 0 Å². The lowest BCUT2D eigenvalue weighted by Crippen LogP contribution is -2.60. The molecule has 15 nitrogen and oxygen atoms in total. The number of thiazole rings is 1. The highest BCUT2D eigenvalue weighted by Gasteiger charge is 2.53. The van der Waals surface area contributed by atoms with Gasteiger partial charge in [0.1, 0.15) is 28.7 Å². The Bertz CT molecular complexity index is 2330. The van der Waals surface area contributed by atoms with Gasteiger partial charge in [-0.15, -0.1) is 11.3 Å². The Balaban J connectivity index is 0.000000266. The molecule has 1 aromatic heterocycles. The highest BCUT2D eigenvalue weighted by molar-refractivity contribution is 8.00. The Morgan fingerprint density at radius 3 is 2.32 bits per heavy atom. The molecule has 72 heavy (non-hydrogen) atoms. The number of likely N-dealkylation sites (tertiary alicyclic amines) is 1. The number of hydrogen-bond donors (Lipinski definition) is 4. The van der Waals surface area contributed by atoms with E-state index >= 15 is 0 Å². The lowest BCUT2D eigenvalue weighted by molar-refractivity contribution is -0.143. The third-order valence-corrected chi connectivity index (χ3v) is 15.8. The molecule has 20 heteroatoms. The summed E-state index contributed by atoms with van der Waals surface area (Å²) in [4.78, 5) is 68.3. The van der Waals surface area contributed by atoms with Gasteiger partial charge in [0, 0.05) is 69.4 Å². The fraction of sp³-hybridized carbons (Fsp3) is 0.558. The zero-order valence-corrected chi connectivity index (χ0v) is 45.6. The van der Waals surface area contributed by atoms with Gasteiger partial charge in [-0.25, -0.2) is 18.8 Å². The number of anilines is 1. The van der Waals surface area contributed by atoms with Crippen molar-refractivity contribution in [3.63, 3.8) is 0 Å². The number of benzene rings is 2. The van der Waals surface area contributed by atoms with E-state index in [9.17, 15) is 28.0 Å².